The zero-order valence-electron chi connectivity index (χ0n) is 11.2. The largest absolute Gasteiger partial charge is 0.321 e. The van der Waals surface area contributed by atoms with Crippen LogP contribution in [0.2, 0.25) is 0 Å². The SMILES string of the molecule is CC1OC2(CCC(CC#N)C2CC2CCCC2)O1. The highest BCUT2D eigenvalue weighted by Gasteiger charge is 2.57. The van der Waals surface area contributed by atoms with Crippen LogP contribution in [0.1, 0.15) is 58.3 Å². The molecule has 2 saturated carbocycles. The number of nitriles is 1. The van der Waals surface area contributed by atoms with Crippen molar-refractivity contribution in [1.82, 2.24) is 0 Å². The van der Waals surface area contributed by atoms with E-state index in [4.69, 9.17) is 14.7 Å². The molecule has 2 unspecified atom stereocenters. The van der Waals surface area contributed by atoms with E-state index in [1.54, 1.807) is 0 Å². The first-order chi connectivity index (χ1) is 8.73. The Bertz CT molecular complexity index is 337. The Hall–Kier alpha value is -0.590. The zero-order valence-corrected chi connectivity index (χ0v) is 11.2. The normalized spacial score (nSPS) is 44.1. The highest BCUT2D eigenvalue weighted by atomic mass is 16.9. The summed E-state index contributed by atoms with van der Waals surface area (Å²) < 4.78 is 11.9. The second-order valence-electron chi connectivity index (χ2n) is 6.27. The molecule has 1 aliphatic heterocycles. The zero-order chi connectivity index (χ0) is 12.6. The molecular formula is C15H23NO2. The van der Waals surface area contributed by atoms with Crippen molar-refractivity contribution in [3.05, 3.63) is 0 Å². The van der Waals surface area contributed by atoms with Crippen molar-refractivity contribution < 1.29 is 9.47 Å². The molecule has 3 fully saturated rings. The Morgan fingerprint density at radius 2 is 1.94 bits per heavy atom. The lowest BCUT2D eigenvalue weighted by molar-refractivity contribution is -0.459. The summed E-state index contributed by atoms with van der Waals surface area (Å²) in [7, 11) is 0. The van der Waals surface area contributed by atoms with Crippen LogP contribution in [0.3, 0.4) is 0 Å². The third-order valence-corrected chi connectivity index (χ3v) is 5.14. The molecule has 3 heteroatoms. The molecule has 0 radical (unpaired) electrons. The lowest BCUT2D eigenvalue weighted by atomic mass is 9.81. The summed E-state index contributed by atoms with van der Waals surface area (Å²) in [4.78, 5) is 0. The molecule has 100 valence electrons. The van der Waals surface area contributed by atoms with Gasteiger partial charge in [0.2, 0.25) is 0 Å². The van der Waals surface area contributed by atoms with E-state index in [9.17, 15) is 0 Å². The van der Waals surface area contributed by atoms with Crippen LogP contribution in [0.15, 0.2) is 0 Å². The molecule has 2 aliphatic carbocycles. The van der Waals surface area contributed by atoms with Gasteiger partial charge in [-0.05, 0) is 31.6 Å². The van der Waals surface area contributed by atoms with Gasteiger partial charge >= 0.3 is 0 Å². The predicted molar refractivity (Wildman–Crippen MR) is 67.4 cm³/mol. The molecule has 3 nitrogen and oxygen atoms in total. The average molecular weight is 249 g/mol. The van der Waals surface area contributed by atoms with Gasteiger partial charge in [0.15, 0.2) is 12.1 Å². The van der Waals surface area contributed by atoms with E-state index in [1.165, 1.54) is 32.1 Å². The van der Waals surface area contributed by atoms with Crippen LogP contribution >= 0.6 is 0 Å². The number of ether oxygens (including phenoxy) is 2. The van der Waals surface area contributed by atoms with Crippen molar-refractivity contribution in [3.8, 4) is 6.07 Å². The van der Waals surface area contributed by atoms with Gasteiger partial charge in [-0.3, -0.25) is 0 Å². The van der Waals surface area contributed by atoms with Gasteiger partial charge in [0.05, 0.1) is 6.07 Å². The number of hydrogen-bond acceptors (Lipinski definition) is 3. The summed E-state index contributed by atoms with van der Waals surface area (Å²) in [5, 5.41) is 8.99. The third kappa shape index (κ3) is 2.06. The summed E-state index contributed by atoms with van der Waals surface area (Å²) in [6, 6.07) is 2.35. The Balaban J connectivity index is 1.69. The van der Waals surface area contributed by atoms with E-state index in [1.807, 2.05) is 6.92 Å². The Morgan fingerprint density at radius 3 is 2.56 bits per heavy atom. The molecule has 1 spiro atoms. The standard InChI is InChI=1S/C15H23NO2/c1-11-17-15(18-11)8-6-13(7-9-16)14(15)10-12-4-2-3-5-12/h11-14H,2-8,10H2,1H3. The smallest absolute Gasteiger partial charge is 0.177 e. The molecule has 3 rings (SSSR count). The molecule has 0 amide bonds. The first-order valence-electron chi connectivity index (χ1n) is 7.46. The molecule has 2 atom stereocenters. The van der Waals surface area contributed by atoms with E-state index >= 15 is 0 Å². The lowest BCUT2D eigenvalue weighted by Crippen LogP contribution is -2.55. The highest BCUT2D eigenvalue weighted by Crippen LogP contribution is 2.54. The maximum atomic E-state index is 8.99. The molecule has 0 aromatic carbocycles. The fourth-order valence-corrected chi connectivity index (χ4v) is 4.33. The summed E-state index contributed by atoms with van der Waals surface area (Å²) >= 11 is 0. The average Bonchev–Trinajstić information content (AvgIpc) is 2.91. The quantitative estimate of drug-likeness (QED) is 0.767. The first kappa shape index (κ1) is 12.4. The van der Waals surface area contributed by atoms with Crippen LogP contribution in [-0.2, 0) is 9.47 Å². The van der Waals surface area contributed by atoms with E-state index in [2.05, 4.69) is 6.07 Å². The summed E-state index contributed by atoms with van der Waals surface area (Å²) in [5.41, 5.74) is 0. The van der Waals surface area contributed by atoms with E-state index < -0.39 is 0 Å². The third-order valence-electron chi connectivity index (χ3n) is 5.14. The van der Waals surface area contributed by atoms with Crippen molar-refractivity contribution >= 4 is 0 Å². The van der Waals surface area contributed by atoms with Crippen LogP contribution in [0.5, 0.6) is 0 Å². The van der Waals surface area contributed by atoms with Gasteiger partial charge in [0, 0.05) is 18.8 Å². The fraction of sp³-hybridized carbons (Fsp3) is 0.933. The summed E-state index contributed by atoms with van der Waals surface area (Å²) in [5.74, 6) is 1.47. The Labute approximate surface area is 109 Å². The monoisotopic (exact) mass is 249 g/mol. The molecule has 1 heterocycles. The molecule has 1 saturated heterocycles. The molecule has 0 aromatic heterocycles. The van der Waals surface area contributed by atoms with Gasteiger partial charge in [0.25, 0.3) is 0 Å². The van der Waals surface area contributed by atoms with Crippen molar-refractivity contribution in [1.29, 1.82) is 5.26 Å². The molecule has 0 aromatic rings. The molecule has 18 heavy (non-hydrogen) atoms. The number of rotatable bonds is 3. The highest BCUT2D eigenvalue weighted by molar-refractivity contribution is 4.99. The molecule has 3 aliphatic rings. The topological polar surface area (TPSA) is 42.2 Å². The van der Waals surface area contributed by atoms with Crippen LogP contribution in [0, 0.1) is 29.1 Å². The number of nitrogens with zero attached hydrogens (tertiary/aromatic N) is 1. The van der Waals surface area contributed by atoms with Crippen molar-refractivity contribution in [2.75, 3.05) is 0 Å². The lowest BCUT2D eigenvalue weighted by Gasteiger charge is -2.49. The van der Waals surface area contributed by atoms with Crippen LogP contribution < -0.4 is 0 Å². The predicted octanol–water partition coefficient (Wildman–Crippen LogP) is 3.60. The fourth-order valence-electron chi connectivity index (χ4n) is 4.33. The number of hydrogen-bond donors (Lipinski definition) is 0. The molecular weight excluding hydrogens is 226 g/mol. The van der Waals surface area contributed by atoms with Crippen LogP contribution in [0.25, 0.3) is 0 Å². The van der Waals surface area contributed by atoms with Gasteiger partial charge in [0.1, 0.15) is 0 Å². The van der Waals surface area contributed by atoms with Crippen molar-refractivity contribution in [3.63, 3.8) is 0 Å². The minimum atomic E-state index is -0.316. The van der Waals surface area contributed by atoms with Crippen molar-refractivity contribution in [2.45, 2.75) is 70.4 Å². The van der Waals surface area contributed by atoms with E-state index in [0.717, 1.165) is 18.8 Å². The molecule has 0 bridgehead atoms. The first-order valence-corrected chi connectivity index (χ1v) is 7.46. The van der Waals surface area contributed by atoms with E-state index in [0.29, 0.717) is 18.3 Å². The minimum absolute atomic E-state index is 0.0445. The second-order valence-corrected chi connectivity index (χ2v) is 6.27. The maximum absolute atomic E-state index is 8.99. The van der Waals surface area contributed by atoms with Crippen LogP contribution in [-0.4, -0.2) is 12.1 Å². The van der Waals surface area contributed by atoms with Gasteiger partial charge in [-0.25, -0.2) is 0 Å². The Morgan fingerprint density at radius 1 is 1.22 bits per heavy atom. The van der Waals surface area contributed by atoms with Gasteiger partial charge < -0.3 is 9.47 Å². The van der Waals surface area contributed by atoms with Crippen LogP contribution in [0.4, 0.5) is 0 Å². The van der Waals surface area contributed by atoms with Gasteiger partial charge in [-0.1, -0.05) is 25.7 Å². The molecule has 0 N–H and O–H groups in total. The maximum Gasteiger partial charge on any atom is 0.177 e. The second kappa shape index (κ2) is 4.83. The van der Waals surface area contributed by atoms with E-state index in [-0.39, 0.29) is 12.1 Å². The minimum Gasteiger partial charge on any atom is -0.321 e. The van der Waals surface area contributed by atoms with Gasteiger partial charge in [-0.2, -0.15) is 5.26 Å². The summed E-state index contributed by atoms with van der Waals surface area (Å²) in [6.45, 7) is 1.97. The Kier molecular flexibility index (Phi) is 3.34. The summed E-state index contributed by atoms with van der Waals surface area (Å²) in [6.07, 6.45) is 9.40. The van der Waals surface area contributed by atoms with Crippen molar-refractivity contribution in [2.24, 2.45) is 17.8 Å². The van der Waals surface area contributed by atoms with Gasteiger partial charge in [-0.15, -0.1) is 0 Å².